The molecule has 0 aliphatic heterocycles. The first kappa shape index (κ1) is 7.14. The lowest BCUT2D eigenvalue weighted by Gasteiger charge is -1.89. The molecule has 0 rings (SSSR count). The van der Waals surface area contributed by atoms with Crippen LogP contribution in [0.4, 0.5) is 0 Å². The van der Waals surface area contributed by atoms with Crippen molar-refractivity contribution >= 4 is 12.7 Å². The second-order valence-corrected chi connectivity index (χ2v) is 1.32. The standard InChI is InChI=1S/C5H8NO2/c1-3-4-5(7)8-6-2/h2H,3-4H2,1H3. The summed E-state index contributed by atoms with van der Waals surface area (Å²) in [5.41, 5.74) is 0. The summed E-state index contributed by atoms with van der Waals surface area (Å²) in [4.78, 5) is 14.3. The van der Waals surface area contributed by atoms with Crippen LogP contribution in [0.25, 0.3) is 0 Å². The van der Waals surface area contributed by atoms with Crippen LogP contribution in [0, 0.1) is 0 Å². The molecule has 3 nitrogen and oxygen atoms in total. The zero-order chi connectivity index (χ0) is 6.41. The number of rotatable bonds is 3. The van der Waals surface area contributed by atoms with E-state index in [2.05, 4.69) is 16.7 Å². The quantitative estimate of drug-likeness (QED) is 0.309. The second-order valence-electron chi connectivity index (χ2n) is 1.32. The van der Waals surface area contributed by atoms with Gasteiger partial charge in [-0.15, -0.1) is 0 Å². The number of hydrogen-bond donors (Lipinski definition) is 0. The van der Waals surface area contributed by atoms with Crippen molar-refractivity contribution < 1.29 is 9.63 Å². The highest BCUT2D eigenvalue weighted by Crippen LogP contribution is 1.89. The lowest BCUT2D eigenvalue weighted by Crippen LogP contribution is -1.96. The Morgan fingerprint density at radius 1 is 1.88 bits per heavy atom. The molecule has 0 aromatic carbocycles. The highest BCUT2D eigenvalue weighted by Gasteiger charge is 1.96. The molecule has 1 radical (unpaired) electrons. The molecule has 45 valence electrons. The molecule has 0 bridgehead atoms. The third kappa shape index (κ3) is 3.33. The first-order valence-corrected chi connectivity index (χ1v) is 2.41. The molecule has 0 saturated carbocycles. The lowest BCUT2D eigenvalue weighted by molar-refractivity contribution is -0.143. The van der Waals surface area contributed by atoms with Crippen molar-refractivity contribution in [3.63, 3.8) is 0 Å². The van der Waals surface area contributed by atoms with Gasteiger partial charge in [0.05, 0.1) is 6.72 Å². The van der Waals surface area contributed by atoms with E-state index in [1.54, 1.807) is 0 Å². The Morgan fingerprint density at radius 2 is 2.50 bits per heavy atom. The van der Waals surface area contributed by atoms with Crippen LogP contribution in [0.3, 0.4) is 0 Å². The van der Waals surface area contributed by atoms with Crippen molar-refractivity contribution in [1.29, 1.82) is 0 Å². The molecule has 0 aliphatic rings. The van der Waals surface area contributed by atoms with Crippen LogP contribution in [-0.4, -0.2) is 12.7 Å². The minimum atomic E-state index is -0.380. The van der Waals surface area contributed by atoms with Gasteiger partial charge in [-0.05, 0) is 6.42 Å². The Labute approximate surface area is 48.3 Å². The molecule has 0 amide bonds. The predicted octanol–water partition coefficient (Wildman–Crippen LogP) is 0.822. The average Bonchev–Trinajstić information content (AvgIpc) is 1.68. The molecule has 0 aromatic rings. The van der Waals surface area contributed by atoms with E-state index in [-0.39, 0.29) is 5.97 Å². The van der Waals surface area contributed by atoms with Crippen LogP contribution in [-0.2, 0) is 9.63 Å². The van der Waals surface area contributed by atoms with Crippen molar-refractivity contribution in [2.24, 2.45) is 5.16 Å². The predicted molar refractivity (Wildman–Crippen MR) is 29.5 cm³/mol. The molecule has 3 heteroatoms. The Balaban J connectivity index is 3.18. The van der Waals surface area contributed by atoms with Crippen LogP contribution in [0.1, 0.15) is 19.8 Å². The first-order chi connectivity index (χ1) is 3.81. The lowest BCUT2D eigenvalue weighted by atomic mass is 10.3. The second kappa shape index (κ2) is 4.30. The summed E-state index contributed by atoms with van der Waals surface area (Å²) in [6, 6.07) is 0. The van der Waals surface area contributed by atoms with Gasteiger partial charge >= 0.3 is 5.97 Å². The van der Waals surface area contributed by atoms with Gasteiger partial charge in [0, 0.05) is 6.42 Å². The molecular weight excluding hydrogens is 106 g/mol. The van der Waals surface area contributed by atoms with Gasteiger partial charge in [0.2, 0.25) is 0 Å². The highest BCUT2D eigenvalue weighted by molar-refractivity contribution is 5.69. The fourth-order valence-electron chi connectivity index (χ4n) is 0.309. The van der Waals surface area contributed by atoms with Crippen molar-refractivity contribution in [2.45, 2.75) is 19.8 Å². The van der Waals surface area contributed by atoms with E-state index >= 15 is 0 Å². The minimum Gasteiger partial charge on any atom is -0.318 e. The SMILES string of the molecule is [CH]=NOC(=O)CCC. The summed E-state index contributed by atoms with van der Waals surface area (Å²) < 4.78 is 0. The summed E-state index contributed by atoms with van der Waals surface area (Å²) in [6.07, 6.45) is 1.13. The molecule has 0 heterocycles. The van der Waals surface area contributed by atoms with Gasteiger partial charge in [0.25, 0.3) is 0 Å². The van der Waals surface area contributed by atoms with Gasteiger partial charge in [-0.1, -0.05) is 12.1 Å². The minimum absolute atomic E-state index is 0.376. The molecular formula is C5H8NO2. The molecule has 0 atom stereocenters. The molecule has 0 aliphatic carbocycles. The molecule has 0 unspecified atom stereocenters. The molecule has 8 heavy (non-hydrogen) atoms. The number of carbonyl (C=O) groups excluding carboxylic acids is 1. The van der Waals surface area contributed by atoms with Crippen LogP contribution >= 0.6 is 0 Å². The van der Waals surface area contributed by atoms with Gasteiger partial charge in [-0.3, -0.25) is 0 Å². The summed E-state index contributed by atoms with van der Waals surface area (Å²) in [7, 11) is 0. The van der Waals surface area contributed by atoms with Crippen molar-refractivity contribution in [1.82, 2.24) is 0 Å². The molecule has 0 spiro atoms. The van der Waals surface area contributed by atoms with Gasteiger partial charge in [0.1, 0.15) is 0 Å². The Kier molecular flexibility index (Phi) is 3.84. The Hall–Kier alpha value is -0.860. The molecule has 0 fully saturated rings. The number of hydrogen-bond acceptors (Lipinski definition) is 3. The third-order valence-electron chi connectivity index (χ3n) is 0.609. The largest absolute Gasteiger partial charge is 0.335 e. The number of carbonyl (C=O) groups is 1. The Bertz CT molecular complexity index is 90.4. The van der Waals surface area contributed by atoms with E-state index in [9.17, 15) is 4.79 Å². The monoisotopic (exact) mass is 114 g/mol. The smallest absolute Gasteiger partial charge is 0.318 e. The van der Waals surface area contributed by atoms with Crippen LogP contribution in [0.15, 0.2) is 5.16 Å². The maximum Gasteiger partial charge on any atom is 0.335 e. The molecule has 0 saturated heterocycles. The fraction of sp³-hybridized carbons (Fsp3) is 0.600. The average molecular weight is 114 g/mol. The third-order valence-corrected chi connectivity index (χ3v) is 0.609. The number of nitrogens with zero attached hydrogens (tertiary/aromatic N) is 1. The zero-order valence-electron chi connectivity index (χ0n) is 4.76. The topological polar surface area (TPSA) is 38.7 Å². The summed E-state index contributed by atoms with van der Waals surface area (Å²) in [5.74, 6) is -0.380. The van der Waals surface area contributed by atoms with Gasteiger partial charge in [-0.25, -0.2) is 4.79 Å². The maximum absolute atomic E-state index is 10.2. The summed E-state index contributed by atoms with van der Waals surface area (Å²) in [6.45, 7) is 6.41. The fourth-order valence-corrected chi connectivity index (χ4v) is 0.309. The highest BCUT2D eigenvalue weighted by atomic mass is 16.7. The van der Waals surface area contributed by atoms with Crippen LogP contribution in [0.5, 0.6) is 0 Å². The summed E-state index contributed by atoms with van der Waals surface area (Å²) in [5, 5.41) is 2.70. The first-order valence-electron chi connectivity index (χ1n) is 2.41. The van der Waals surface area contributed by atoms with Crippen molar-refractivity contribution in [3.8, 4) is 0 Å². The Morgan fingerprint density at radius 3 is 2.88 bits per heavy atom. The van der Waals surface area contributed by atoms with E-state index in [4.69, 9.17) is 0 Å². The van der Waals surface area contributed by atoms with Gasteiger partial charge in [-0.2, -0.15) is 0 Å². The van der Waals surface area contributed by atoms with E-state index in [1.807, 2.05) is 6.92 Å². The molecule has 0 N–H and O–H groups in total. The van der Waals surface area contributed by atoms with E-state index in [1.165, 1.54) is 0 Å². The van der Waals surface area contributed by atoms with Crippen LogP contribution in [0.2, 0.25) is 0 Å². The van der Waals surface area contributed by atoms with E-state index in [0.717, 1.165) is 6.42 Å². The van der Waals surface area contributed by atoms with Gasteiger partial charge < -0.3 is 4.84 Å². The molecule has 0 aromatic heterocycles. The van der Waals surface area contributed by atoms with Crippen molar-refractivity contribution in [2.75, 3.05) is 0 Å². The normalized spacial score (nSPS) is 8.12. The van der Waals surface area contributed by atoms with Gasteiger partial charge in [0.15, 0.2) is 0 Å². The van der Waals surface area contributed by atoms with E-state index in [0.29, 0.717) is 6.42 Å². The van der Waals surface area contributed by atoms with E-state index < -0.39 is 0 Å². The summed E-state index contributed by atoms with van der Waals surface area (Å²) >= 11 is 0. The maximum atomic E-state index is 10.2. The zero-order valence-corrected chi connectivity index (χ0v) is 4.76. The van der Waals surface area contributed by atoms with Crippen LogP contribution < -0.4 is 0 Å². The van der Waals surface area contributed by atoms with Crippen molar-refractivity contribution in [3.05, 3.63) is 0 Å².